The maximum atomic E-state index is 12.4. The van der Waals surface area contributed by atoms with Crippen LogP contribution in [0.1, 0.15) is 88.1 Å². The summed E-state index contributed by atoms with van der Waals surface area (Å²) in [5.74, 6) is -2.52. The second-order valence-corrected chi connectivity index (χ2v) is 13.3. The van der Waals surface area contributed by atoms with Gasteiger partial charge in [0.15, 0.2) is 18.3 Å². The Balaban J connectivity index is 1.60. The van der Waals surface area contributed by atoms with Gasteiger partial charge in [-0.1, -0.05) is 67.6 Å². The van der Waals surface area contributed by atoms with Crippen molar-refractivity contribution in [2.75, 3.05) is 26.6 Å². The van der Waals surface area contributed by atoms with Crippen LogP contribution < -0.4 is 0 Å². The summed E-state index contributed by atoms with van der Waals surface area (Å²) in [6.07, 6.45) is 3.13. The SMILES string of the molecule is CCOCOCC/C=C/c1ccc(CC2=CC(C)C(C[C@@H]3O[C@H](COC(C)=O)[C@@H](OC(C)=O)[C@H](OC(C)=O)[C@H]3OC(C)=O)c3cccc(C)c32)cc1. The molecule has 0 saturated carbocycles. The molecule has 0 spiro atoms. The molecule has 2 aliphatic rings. The molecule has 282 valence electrons. The minimum Gasteiger partial charge on any atom is -0.463 e. The van der Waals surface area contributed by atoms with Crippen LogP contribution in [0, 0.1) is 12.8 Å². The number of ether oxygens (including phenoxy) is 7. The number of hydrogen-bond donors (Lipinski definition) is 0. The van der Waals surface area contributed by atoms with Crippen LogP contribution in [0.25, 0.3) is 11.6 Å². The van der Waals surface area contributed by atoms with Gasteiger partial charge in [0.05, 0.1) is 12.7 Å². The van der Waals surface area contributed by atoms with Gasteiger partial charge in [0.1, 0.15) is 19.5 Å². The number of hydrogen-bond acceptors (Lipinski definition) is 11. The van der Waals surface area contributed by atoms with E-state index >= 15 is 0 Å². The predicted octanol–water partition coefficient (Wildman–Crippen LogP) is 6.28. The van der Waals surface area contributed by atoms with Crippen molar-refractivity contribution < 1.29 is 52.3 Å². The lowest BCUT2D eigenvalue weighted by molar-refractivity contribution is -0.254. The lowest BCUT2D eigenvalue weighted by atomic mass is 9.71. The molecule has 0 aromatic heterocycles. The van der Waals surface area contributed by atoms with Crippen LogP contribution in [-0.2, 0) is 58.8 Å². The van der Waals surface area contributed by atoms with Gasteiger partial charge in [0, 0.05) is 34.3 Å². The highest BCUT2D eigenvalue weighted by Crippen LogP contribution is 2.45. The topological polar surface area (TPSA) is 133 Å². The molecule has 2 unspecified atom stereocenters. The highest BCUT2D eigenvalue weighted by atomic mass is 16.7. The number of esters is 4. The highest BCUT2D eigenvalue weighted by Gasteiger charge is 2.52. The van der Waals surface area contributed by atoms with Crippen molar-refractivity contribution in [1.82, 2.24) is 0 Å². The smallest absolute Gasteiger partial charge is 0.303 e. The third-order valence-electron chi connectivity index (χ3n) is 9.18. The van der Waals surface area contributed by atoms with Crippen LogP contribution in [-0.4, -0.2) is 81.0 Å². The summed E-state index contributed by atoms with van der Waals surface area (Å²) in [5, 5.41) is 0. The van der Waals surface area contributed by atoms with Crippen LogP contribution in [0.2, 0.25) is 0 Å². The molecule has 1 heterocycles. The molecule has 2 aromatic rings. The molecule has 0 N–H and O–H groups in total. The minimum atomic E-state index is -1.20. The first-order chi connectivity index (χ1) is 24.9. The van der Waals surface area contributed by atoms with Gasteiger partial charge < -0.3 is 33.2 Å². The lowest BCUT2D eigenvalue weighted by Gasteiger charge is -2.46. The Labute approximate surface area is 306 Å². The van der Waals surface area contributed by atoms with Crippen LogP contribution in [0.3, 0.4) is 0 Å². The largest absolute Gasteiger partial charge is 0.463 e. The van der Waals surface area contributed by atoms with Gasteiger partial charge >= 0.3 is 23.9 Å². The van der Waals surface area contributed by atoms with Crippen LogP contribution >= 0.6 is 0 Å². The van der Waals surface area contributed by atoms with E-state index in [0.29, 0.717) is 26.4 Å². The molecule has 11 nitrogen and oxygen atoms in total. The van der Waals surface area contributed by atoms with Crippen molar-refractivity contribution in [3.05, 3.63) is 82.4 Å². The number of allylic oxidation sites excluding steroid dienone is 2. The van der Waals surface area contributed by atoms with Crippen molar-refractivity contribution in [1.29, 1.82) is 0 Å². The molecule has 52 heavy (non-hydrogen) atoms. The van der Waals surface area contributed by atoms with Crippen LogP contribution in [0.15, 0.2) is 54.6 Å². The minimum absolute atomic E-state index is 0.0447. The third kappa shape index (κ3) is 11.3. The first-order valence-corrected chi connectivity index (χ1v) is 17.9. The number of fused-ring (bicyclic) bond motifs is 1. The summed E-state index contributed by atoms with van der Waals surface area (Å²) in [6.45, 7) is 12.4. The summed E-state index contributed by atoms with van der Waals surface area (Å²) in [7, 11) is 0. The Morgan fingerprint density at radius 3 is 2.10 bits per heavy atom. The second-order valence-electron chi connectivity index (χ2n) is 13.3. The predicted molar refractivity (Wildman–Crippen MR) is 194 cm³/mol. The maximum Gasteiger partial charge on any atom is 0.303 e. The Morgan fingerprint density at radius 2 is 1.46 bits per heavy atom. The van der Waals surface area contributed by atoms with E-state index < -0.39 is 54.4 Å². The highest BCUT2D eigenvalue weighted by molar-refractivity contribution is 5.76. The summed E-state index contributed by atoms with van der Waals surface area (Å²) >= 11 is 0. The van der Waals surface area contributed by atoms with Crippen LogP contribution in [0.5, 0.6) is 0 Å². The van der Waals surface area contributed by atoms with E-state index in [4.69, 9.17) is 33.2 Å². The van der Waals surface area contributed by atoms with Crippen LogP contribution in [0.4, 0.5) is 0 Å². The van der Waals surface area contributed by atoms with Gasteiger partial charge in [-0.25, -0.2) is 0 Å². The van der Waals surface area contributed by atoms with Gasteiger partial charge in [-0.15, -0.1) is 0 Å². The molecule has 7 atom stereocenters. The quantitative estimate of drug-likeness (QED) is 0.0840. The fraction of sp³-hybridized carbons (Fsp3) is 0.512. The van der Waals surface area contributed by atoms with Gasteiger partial charge in [-0.05, 0) is 78.3 Å². The van der Waals surface area contributed by atoms with E-state index in [1.807, 2.05) is 13.0 Å². The first-order valence-electron chi connectivity index (χ1n) is 17.9. The molecule has 1 aliphatic heterocycles. The molecule has 4 rings (SSSR count). The molecule has 11 heteroatoms. The molecular formula is C41H52O11. The molecular weight excluding hydrogens is 668 g/mol. The van der Waals surface area contributed by atoms with E-state index in [0.717, 1.165) is 35.1 Å². The summed E-state index contributed by atoms with van der Waals surface area (Å²) in [4.78, 5) is 48.8. The fourth-order valence-corrected chi connectivity index (χ4v) is 7.02. The normalized spacial score (nSPS) is 24.1. The Kier molecular flexibility index (Phi) is 15.2. The van der Waals surface area contributed by atoms with E-state index in [2.05, 4.69) is 68.5 Å². The lowest BCUT2D eigenvalue weighted by Crippen LogP contribution is -2.62. The Morgan fingerprint density at radius 1 is 0.808 bits per heavy atom. The number of carbonyl (C=O) groups excluding carboxylic acids is 4. The van der Waals surface area contributed by atoms with Crippen molar-refractivity contribution in [2.24, 2.45) is 5.92 Å². The molecule has 2 aromatic carbocycles. The zero-order valence-corrected chi connectivity index (χ0v) is 31.3. The van der Waals surface area contributed by atoms with Crippen molar-refractivity contribution in [3.8, 4) is 0 Å². The van der Waals surface area contributed by atoms with E-state index in [-0.39, 0.29) is 18.4 Å². The molecule has 1 saturated heterocycles. The fourth-order valence-electron chi connectivity index (χ4n) is 7.02. The average Bonchev–Trinajstić information content (AvgIpc) is 3.07. The number of rotatable bonds is 16. The van der Waals surface area contributed by atoms with Gasteiger partial charge in [-0.3, -0.25) is 19.2 Å². The number of aryl methyl sites for hydroxylation is 1. The zero-order valence-electron chi connectivity index (χ0n) is 31.3. The Hall–Kier alpha value is -4.32. The van der Waals surface area contributed by atoms with E-state index in [1.54, 1.807) is 0 Å². The molecule has 1 aliphatic carbocycles. The number of benzene rings is 2. The molecule has 1 fully saturated rings. The van der Waals surface area contributed by atoms with E-state index in [1.165, 1.54) is 38.8 Å². The summed E-state index contributed by atoms with van der Waals surface area (Å²) in [6, 6.07) is 14.8. The monoisotopic (exact) mass is 720 g/mol. The van der Waals surface area contributed by atoms with E-state index in [9.17, 15) is 19.2 Å². The van der Waals surface area contributed by atoms with Gasteiger partial charge in [0.2, 0.25) is 0 Å². The zero-order chi connectivity index (χ0) is 37.8. The standard InChI is InChI=1S/C41H52O11/c1-8-46-24-47-19-10-9-13-31-15-17-32(18-16-31)21-33-20-26(3)35(34-14-11-12-25(2)38(33)34)22-36-39(49-28(5)43)41(51-30(7)45)40(50-29(6)44)37(52-36)23-48-27(4)42/h9,11-18,20,26,35-37,39-41H,8,10,19,21-24H2,1-7H3/b13-9+/t26?,35?,36-,37+,39-,40+,41+/m0/s1. The summed E-state index contributed by atoms with van der Waals surface area (Å²) in [5.41, 5.74) is 6.93. The van der Waals surface area contributed by atoms with Crippen molar-refractivity contribution in [2.45, 2.75) is 104 Å². The Bertz CT molecular complexity index is 1590. The average molecular weight is 721 g/mol. The molecule has 0 bridgehead atoms. The summed E-state index contributed by atoms with van der Waals surface area (Å²) < 4.78 is 39.5. The van der Waals surface area contributed by atoms with Gasteiger partial charge in [0.25, 0.3) is 0 Å². The van der Waals surface area contributed by atoms with Crippen molar-refractivity contribution >= 4 is 35.5 Å². The molecule has 0 radical (unpaired) electrons. The maximum absolute atomic E-state index is 12.4. The second kappa shape index (κ2) is 19.5. The van der Waals surface area contributed by atoms with Crippen molar-refractivity contribution in [3.63, 3.8) is 0 Å². The van der Waals surface area contributed by atoms with Gasteiger partial charge in [-0.2, -0.15) is 0 Å². The third-order valence-corrected chi connectivity index (χ3v) is 9.18. The molecule has 0 amide bonds. The number of carbonyl (C=O) groups is 4. The first kappa shape index (κ1) is 40.5.